The van der Waals surface area contributed by atoms with Crippen molar-refractivity contribution in [3.8, 4) is 0 Å². The van der Waals surface area contributed by atoms with Crippen LogP contribution in [-0.4, -0.2) is 29.8 Å². The lowest BCUT2D eigenvalue weighted by Gasteiger charge is -2.18. The Morgan fingerprint density at radius 1 is 1.52 bits per heavy atom. The predicted molar refractivity (Wildman–Crippen MR) is 84.0 cm³/mol. The van der Waals surface area contributed by atoms with E-state index in [0.29, 0.717) is 41.2 Å². The van der Waals surface area contributed by atoms with Crippen molar-refractivity contribution in [2.75, 3.05) is 24.1 Å². The SMILES string of the molecule is CC(C)C1CC(=O)N(CC(=O)Nc2cc(N)ccc2Cl)C1. The highest BCUT2D eigenvalue weighted by Gasteiger charge is 2.32. The van der Waals surface area contributed by atoms with Crippen molar-refractivity contribution in [2.45, 2.75) is 20.3 Å². The van der Waals surface area contributed by atoms with Crippen molar-refractivity contribution < 1.29 is 9.59 Å². The van der Waals surface area contributed by atoms with Crippen LogP contribution in [-0.2, 0) is 9.59 Å². The van der Waals surface area contributed by atoms with Crippen LogP contribution in [0.5, 0.6) is 0 Å². The summed E-state index contributed by atoms with van der Waals surface area (Å²) in [6.07, 6.45) is 0.518. The Hall–Kier alpha value is -1.75. The maximum absolute atomic E-state index is 12.0. The second-order valence-corrected chi connectivity index (χ2v) is 6.18. The standard InChI is InChI=1S/C15H20ClN3O2/c1-9(2)10-5-15(21)19(7-10)8-14(20)18-13-6-11(17)3-4-12(13)16/h3-4,6,9-10H,5,7-8,17H2,1-2H3,(H,18,20). The number of hydrogen-bond donors (Lipinski definition) is 2. The van der Waals surface area contributed by atoms with Gasteiger partial charge in [0.2, 0.25) is 11.8 Å². The number of benzene rings is 1. The number of nitrogens with one attached hydrogen (secondary N) is 1. The summed E-state index contributed by atoms with van der Waals surface area (Å²) in [6, 6.07) is 4.89. The van der Waals surface area contributed by atoms with E-state index >= 15 is 0 Å². The third-order valence-corrected chi connectivity index (χ3v) is 4.12. The maximum Gasteiger partial charge on any atom is 0.244 e. The average molecular weight is 310 g/mol. The Morgan fingerprint density at radius 3 is 2.86 bits per heavy atom. The van der Waals surface area contributed by atoms with Crippen LogP contribution in [0, 0.1) is 11.8 Å². The molecule has 1 unspecified atom stereocenters. The van der Waals surface area contributed by atoms with Crippen LogP contribution >= 0.6 is 11.6 Å². The zero-order valence-electron chi connectivity index (χ0n) is 12.2. The minimum Gasteiger partial charge on any atom is -0.399 e. The molecular weight excluding hydrogens is 290 g/mol. The van der Waals surface area contributed by atoms with Crippen LogP contribution in [0.15, 0.2) is 18.2 Å². The molecule has 0 bridgehead atoms. The van der Waals surface area contributed by atoms with E-state index in [-0.39, 0.29) is 18.4 Å². The topological polar surface area (TPSA) is 75.4 Å². The van der Waals surface area contributed by atoms with Gasteiger partial charge in [0.25, 0.3) is 0 Å². The van der Waals surface area contributed by atoms with Gasteiger partial charge in [-0.3, -0.25) is 9.59 Å². The summed E-state index contributed by atoms with van der Waals surface area (Å²) in [5.41, 5.74) is 6.65. The number of halogens is 1. The zero-order chi connectivity index (χ0) is 15.6. The molecule has 6 heteroatoms. The third-order valence-electron chi connectivity index (χ3n) is 3.79. The lowest BCUT2D eigenvalue weighted by Crippen LogP contribution is -2.34. The summed E-state index contributed by atoms with van der Waals surface area (Å²) in [5.74, 6) is 0.523. The number of nitrogens with two attached hydrogens (primary N) is 1. The Kier molecular flexibility index (Phi) is 4.73. The lowest BCUT2D eigenvalue weighted by atomic mass is 9.95. The highest BCUT2D eigenvalue weighted by atomic mass is 35.5. The smallest absolute Gasteiger partial charge is 0.244 e. The Morgan fingerprint density at radius 2 is 2.24 bits per heavy atom. The summed E-state index contributed by atoms with van der Waals surface area (Å²) >= 11 is 6.00. The number of carbonyl (C=O) groups is 2. The molecule has 5 nitrogen and oxygen atoms in total. The first-order valence-electron chi connectivity index (χ1n) is 6.99. The summed E-state index contributed by atoms with van der Waals surface area (Å²) in [4.78, 5) is 25.5. The molecule has 1 saturated heterocycles. The molecule has 1 aromatic carbocycles. The van der Waals surface area contributed by atoms with Gasteiger partial charge in [-0.2, -0.15) is 0 Å². The number of amides is 2. The largest absolute Gasteiger partial charge is 0.399 e. The second-order valence-electron chi connectivity index (χ2n) is 5.77. The first-order valence-corrected chi connectivity index (χ1v) is 7.37. The van der Waals surface area contributed by atoms with Gasteiger partial charge < -0.3 is 16.0 Å². The van der Waals surface area contributed by atoms with E-state index in [9.17, 15) is 9.59 Å². The molecule has 1 fully saturated rings. The molecule has 2 amide bonds. The molecule has 0 aromatic heterocycles. The molecular formula is C15H20ClN3O2. The molecule has 1 heterocycles. The average Bonchev–Trinajstić information content (AvgIpc) is 2.75. The predicted octanol–water partition coefficient (Wildman–Crippen LogP) is 2.37. The molecule has 1 atom stereocenters. The van der Waals surface area contributed by atoms with Gasteiger partial charge in [0, 0.05) is 18.7 Å². The van der Waals surface area contributed by atoms with E-state index in [1.165, 1.54) is 0 Å². The Balaban J connectivity index is 1.96. The minimum absolute atomic E-state index is 0.0301. The third kappa shape index (κ3) is 3.88. The van der Waals surface area contributed by atoms with E-state index in [2.05, 4.69) is 19.2 Å². The van der Waals surface area contributed by atoms with Crippen molar-refractivity contribution in [1.82, 2.24) is 4.90 Å². The highest BCUT2D eigenvalue weighted by Crippen LogP contribution is 2.26. The molecule has 1 aliphatic heterocycles. The number of anilines is 2. The van der Waals surface area contributed by atoms with Crippen molar-refractivity contribution >= 4 is 34.8 Å². The monoisotopic (exact) mass is 309 g/mol. The van der Waals surface area contributed by atoms with E-state index in [4.69, 9.17) is 17.3 Å². The number of likely N-dealkylation sites (tertiary alicyclic amines) is 1. The summed E-state index contributed by atoms with van der Waals surface area (Å²) in [6.45, 7) is 4.86. The van der Waals surface area contributed by atoms with E-state index in [1.54, 1.807) is 23.1 Å². The minimum atomic E-state index is -0.264. The number of carbonyl (C=O) groups excluding carboxylic acids is 2. The van der Waals surface area contributed by atoms with Crippen LogP contribution < -0.4 is 11.1 Å². The quantitative estimate of drug-likeness (QED) is 0.838. The normalized spacial score (nSPS) is 18.4. The number of nitrogen functional groups attached to an aromatic ring is 1. The van der Waals surface area contributed by atoms with Crippen LogP contribution in [0.25, 0.3) is 0 Å². The summed E-state index contributed by atoms with van der Waals surface area (Å²) in [7, 11) is 0. The number of rotatable bonds is 4. The fourth-order valence-electron chi connectivity index (χ4n) is 2.40. The van der Waals surface area contributed by atoms with Gasteiger partial charge in [0.1, 0.15) is 0 Å². The number of nitrogens with zero attached hydrogens (tertiary/aromatic N) is 1. The van der Waals surface area contributed by atoms with Gasteiger partial charge in [-0.25, -0.2) is 0 Å². The number of hydrogen-bond acceptors (Lipinski definition) is 3. The molecule has 3 N–H and O–H groups in total. The van der Waals surface area contributed by atoms with Crippen LogP contribution in [0.3, 0.4) is 0 Å². The first-order chi connectivity index (χ1) is 9.86. The molecule has 21 heavy (non-hydrogen) atoms. The fraction of sp³-hybridized carbons (Fsp3) is 0.467. The molecule has 1 aromatic rings. The van der Waals surface area contributed by atoms with Crippen molar-refractivity contribution in [1.29, 1.82) is 0 Å². The Labute approximate surface area is 129 Å². The van der Waals surface area contributed by atoms with E-state index < -0.39 is 0 Å². The molecule has 0 saturated carbocycles. The summed E-state index contributed by atoms with van der Waals surface area (Å²) < 4.78 is 0. The molecule has 2 rings (SSSR count). The highest BCUT2D eigenvalue weighted by molar-refractivity contribution is 6.33. The first kappa shape index (κ1) is 15.6. The summed E-state index contributed by atoms with van der Waals surface area (Å²) in [5, 5.41) is 3.12. The van der Waals surface area contributed by atoms with Crippen LogP contribution in [0.4, 0.5) is 11.4 Å². The van der Waals surface area contributed by atoms with Gasteiger partial charge in [0.05, 0.1) is 17.3 Å². The molecule has 0 radical (unpaired) electrons. The molecule has 0 aliphatic carbocycles. The van der Waals surface area contributed by atoms with Crippen molar-refractivity contribution in [3.63, 3.8) is 0 Å². The fourth-order valence-corrected chi connectivity index (χ4v) is 2.57. The zero-order valence-corrected chi connectivity index (χ0v) is 13.0. The van der Waals surface area contributed by atoms with Gasteiger partial charge in [0.15, 0.2) is 0 Å². The van der Waals surface area contributed by atoms with Gasteiger partial charge >= 0.3 is 0 Å². The Bertz CT molecular complexity index is 560. The molecule has 114 valence electrons. The molecule has 0 spiro atoms. The molecule has 1 aliphatic rings. The van der Waals surface area contributed by atoms with E-state index in [0.717, 1.165) is 0 Å². The van der Waals surface area contributed by atoms with Gasteiger partial charge in [-0.15, -0.1) is 0 Å². The van der Waals surface area contributed by atoms with Crippen molar-refractivity contribution in [3.05, 3.63) is 23.2 Å². The van der Waals surface area contributed by atoms with Gasteiger partial charge in [-0.1, -0.05) is 25.4 Å². The van der Waals surface area contributed by atoms with Crippen LogP contribution in [0.1, 0.15) is 20.3 Å². The van der Waals surface area contributed by atoms with Crippen LogP contribution in [0.2, 0.25) is 5.02 Å². The lowest BCUT2D eigenvalue weighted by molar-refractivity contribution is -0.131. The van der Waals surface area contributed by atoms with E-state index in [1.807, 2.05) is 0 Å². The second kappa shape index (κ2) is 6.35. The van der Waals surface area contributed by atoms with Gasteiger partial charge in [-0.05, 0) is 30.0 Å². The van der Waals surface area contributed by atoms with Crippen molar-refractivity contribution in [2.24, 2.45) is 11.8 Å². The maximum atomic E-state index is 12.0.